The van der Waals surface area contributed by atoms with Crippen LogP contribution >= 0.6 is 0 Å². The molecule has 2 rings (SSSR count). The summed E-state index contributed by atoms with van der Waals surface area (Å²) < 4.78 is 7.70. The first-order valence-electron chi connectivity index (χ1n) is 5.63. The Morgan fingerprint density at radius 3 is 2.71 bits per heavy atom. The predicted octanol–water partition coefficient (Wildman–Crippen LogP) is 2.55. The van der Waals surface area contributed by atoms with E-state index in [0.29, 0.717) is 5.69 Å². The van der Waals surface area contributed by atoms with E-state index in [4.69, 9.17) is 10.5 Å². The van der Waals surface area contributed by atoms with Crippen molar-refractivity contribution in [3.63, 3.8) is 0 Å². The number of benzene rings is 1. The molecule has 0 aliphatic rings. The van der Waals surface area contributed by atoms with Gasteiger partial charge in [-0.1, -0.05) is 0 Å². The van der Waals surface area contributed by atoms with Gasteiger partial charge in [0.2, 0.25) is 0 Å². The molecule has 0 aliphatic heterocycles. The van der Waals surface area contributed by atoms with Gasteiger partial charge in [0.15, 0.2) is 0 Å². The molecule has 0 fully saturated rings. The minimum Gasteiger partial charge on any atom is -0.489 e. The van der Waals surface area contributed by atoms with Gasteiger partial charge in [0, 0.05) is 18.0 Å². The van der Waals surface area contributed by atoms with Gasteiger partial charge in [-0.3, -0.25) is 0 Å². The molecule has 0 unspecified atom stereocenters. The molecule has 0 aliphatic carbocycles. The van der Waals surface area contributed by atoms with E-state index in [1.54, 1.807) is 6.33 Å². The molecule has 2 aromatic rings. The van der Waals surface area contributed by atoms with Crippen LogP contribution in [0, 0.1) is 6.92 Å². The monoisotopic (exact) mass is 231 g/mol. The molecule has 4 nitrogen and oxygen atoms in total. The van der Waals surface area contributed by atoms with Crippen LogP contribution in [0.3, 0.4) is 0 Å². The molecule has 0 spiro atoms. The van der Waals surface area contributed by atoms with Crippen LogP contribution < -0.4 is 10.5 Å². The smallest absolute Gasteiger partial charge is 0.145 e. The number of anilines is 1. The lowest BCUT2D eigenvalue weighted by molar-refractivity contribution is 0.242. The number of rotatable bonds is 3. The summed E-state index contributed by atoms with van der Waals surface area (Å²) in [6, 6.07) is 5.64. The molecule has 0 radical (unpaired) electrons. The lowest BCUT2D eigenvalue weighted by Crippen LogP contribution is -2.08. The van der Waals surface area contributed by atoms with E-state index in [9.17, 15) is 0 Å². The predicted molar refractivity (Wildman–Crippen MR) is 68.5 cm³/mol. The third-order valence-corrected chi connectivity index (χ3v) is 2.34. The number of nitrogen functional groups attached to an aromatic ring is 1. The summed E-state index contributed by atoms with van der Waals surface area (Å²) in [4.78, 5) is 4.21. The summed E-state index contributed by atoms with van der Waals surface area (Å²) in [5.74, 6) is 0.775. The molecule has 0 saturated carbocycles. The van der Waals surface area contributed by atoms with Gasteiger partial charge >= 0.3 is 0 Å². The van der Waals surface area contributed by atoms with Crippen LogP contribution in [-0.2, 0) is 0 Å². The van der Waals surface area contributed by atoms with E-state index in [0.717, 1.165) is 17.1 Å². The lowest BCUT2D eigenvalue weighted by Gasteiger charge is -2.15. The number of ether oxygens (including phenoxy) is 1. The van der Waals surface area contributed by atoms with Crippen LogP contribution in [-0.4, -0.2) is 15.7 Å². The second-order valence-electron chi connectivity index (χ2n) is 4.32. The quantitative estimate of drug-likeness (QED) is 0.826. The van der Waals surface area contributed by atoms with E-state index in [1.165, 1.54) is 0 Å². The van der Waals surface area contributed by atoms with Crippen molar-refractivity contribution in [2.45, 2.75) is 26.9 Å². The first kappa shape index (κ1) is 11.5. The molecule has 4 heteroatoms. The Hall–Kier alpha value is -1.97. The Bertz CT molecular complexity index is 517. The maximum atomic E-state index is 5.78. The SMILES string of the molecule is Cc1cn(-c2ccc(N)cc2OC(C)C)cn1. The summed E-state index contributed by atoms with van der Waals surface area (Å²) in [5.41, 5.74) is 8.40. The lowest BCUT2D eigenvalue weighted by atomic mass is 10.2. The van der Waals surface area contributed by atoms with Gasteiger partial charge in [0.25, 0.3) is 0 Å². The molecule has 1 aromatic heterocycles. The number of imidazole rings is 1. The highest BCUT2D eigenvalue weighted by molar-refractivity contribution is 5.56. The summed E-state index contributed by atoms with van der Waals surface area (Å²) in [7, 11) is 0. The molecule has 1 heterocycles. The van der Waals surface area contributed by atoms with Gasteiger partial charge < -0.3 is 15.0 Å². The number of aromatic nitrogens is 2. The Labute approximate surface area is 101 Å². The summed E-state index contributed by atoms with van der Waals surface area (Å²) in [5, 5.41) is 0. The zero-order chi connectivity index (χ0) is 12.4. The molecule has 1 aromatic carbocycles. The fourth-order valence-corrected chi connectivity index (χ4v) is 1.65. The van der Waals surface area contributed by atoms with Crippen molar-refractivity contribution in [3.8, 4) is 11.4 Å². The number of nitrogens with zero attached hydrogens (tertiary/aromatic N) is 2. The highest BCUT2D eigenvalue weighted by Crippen LogP contribution is 2.26. The molecule has 0 bridgehead atoms. The summed E-state index contributed by atoms with van der Waals surface area (Å²) in [6.07, 6.45) is 3.84. The van der Waals surface area contributed by atoms with Gasteiger partial charge in [-0.15, -0.1) is 0 Å². The molecule has 17 heavy (non-hydrogen) atoms. The second-order valence-corrected chi connectivity index (χ2v) is 4.32. The Morgan fingerprint density at radius 1 is 1.35 bits per heavy atom. The number of hydrogen-bond acceptors (Lipinski definition) is 3. The zero-order valence-corrected chi connectivity index (χ0v) is 10.3. The summed E-state index contributed by atoms with van der Waals surface area (Å²) in [6.45, 7) is 5.94. The van der Waals surface area contributed by atoms with Crippen LogP contribution in [0.2, 0.25) is 0 Å². The van der Waals surface area contributed by atoms with Crippen LogP contribution in [0.5, 0.6) is 5.75 Å². The first-order valence-corrected chi connectivity index (χ1v) is 5.63. The highest BCUT2D eigenvalue weighted by Gasteiger charge is 2.08. The fourth-order valence-electron chi connectivity index (χ4n) is 1.65. The normalized spacial score (nSPS) is 10.8. The Balaban J connectivity index is 2.45. The van der Waals surface area contributed by atoms with Gasteiger partial charge in [-0.2, -0.15) is 0 Å². The first-order chi connectivity index (χ1) is 8.06. The number of hydrogen-bond donors (Lipinski definition) is 1. The maximum absolute atomic E-state index is 5.78. The highest BCUT2D eigenvalue weighted by atomic mass is 16.5. The van der Waals surface area contributed by atoms with Crippen LogP contribution in [0.1, 0.15) is 19.5 Å². The van der Waals surface area contributed by atoms with Crippen molar-refractivity contribution in [2.24, 2.45) is 0 Å². The van der Waals surface area contributed by atoms with Crippen molar-refractivity contribution in [1.82, 2.24) is 9.55 Å². The molecule has 0 atom stereocenters. The molecule has 90 valence electrons. The van der Waals surface area contributed by atoms with Crippen LogP contribution in [0.25, 0.3) is 5.69 Å². The molecule has 2 N–H and O–H groups in total. The molecule has 0 saturated heterocycles. The van der Waals surface area contributed by atoms with E-state index in [1.807, 2.05) is 49.7 Å². The minimum absolute atomic E-state index is 0.111. The Kier molecular flexibility index (Phi) is 3.04. The van der Waals surface area contributed by atoms with Crippen molar-refractivity contribution in [2.75, 3.05) is 5.73 Å². The largest absolute Gasteiger partial charge is 0.489 e. The third-order valence-electron chi connectivity index (χ3n) is 2.34. The van der Waals surface area contributed by atoms with E-state index in [-0.39, 0.29) is 6.10 Å². The number of nitrogens with two attached hydrogens (primary N) is 1. The van der Waals surface area contributed by atoms with Crippen molar-refractivity contribution in [1.29, 1.82) is 0 Å². The maximum Gasteiger partial charge on any atom is 0.145 e. The minimum atomic E-state index is 0.111. The Morgan fingerprint density at radius 2 is 2.12 bits per heavy atom. The van der Waals surface area contributed by atoms with Crippen molar-refractivity contribution >= 4 is 5.69 Å². The average Bonchev–Trinajstić information content (AvgIpc) is 2.64. The van der Waals surface area contributed by atoms with Crippen LogP contribution in [0.4, 0.5) is 5.69 Å². The van der Waals surface area contributed by atoms with E-state index >= 15 is 0 Å². The van der Waals surface area contributed by atoms with Gasteiger partial charge in [0.1, 0.15) is 5.75 Å². The zero-order valence-electron chi connectivity index (χ0n) is 10.3. The van der Waals surface area contributed by atoms with Crippen LogP contribution in [0.15, 0.2) is 30.7 Å². The topological polar surface area (TPSA) is 53.1 Å². The van der Waals surface area contributed by atoms with Gasteiger partial charge in [0.05, 0.1) is 23.8 Å². The van der Waals surface area contributed by atoms with Crippen molar-refractivity contribution in [3.05, 3.63) is 36.4 Å². The molecule has 0 amide bonds. The molecular formula is C13H17N3O. The van der Waals surface area contributed by atoms with Gasteiger partial charge in [-0.25, -0.2) is 4.98 Å². The second kappa shape index (κ2) is 4.49. The fraction of sp³-hybridized carbons (Fsp3) is 0.308. The molecular weight excluding hydrogens is 214 g/mol. The third kappa shape index (κ3) is 2.58. The summed E-state index contributed by atoms with van der Waals surface area (Å²) >= 11 is 0. The van der Waals surface area contributed by atoms with E-state index in [2.05, 4.69) is 4.98 Å². The van der Waals surface area contributed by atoms with Gasteiger partial charge in [-0.05, 0) is 32.9 Å². The standard InChI is InChI=1S/C13H17N3O/c1-9(2)17-13-6-11(14)4-5-12(13)16-7-10(3)15-8-16/h4-9H,14H2,1-3H3. The average molecular weight is 231 g/mol. The number of aryl methyl sites for hydroxylation is 1. The van der Waals surface area contributed by atoms with E-state index < -0.39 is 0 Å². The van der Waals surface area contributed by atoms with Crippen molar-refractivity contribution < 1.29 is 4.74 Å².